The Morgan fingerprint density at radius 2 is 2.25 bits per heavy atom. The summed E-state index contributed by atoms with van der Waals surface area (Å²) in [7, 11) is 0. The standard InChI is InChI=1S/C10H10ClF3N4O2/c1-6-2-9(20,10(12,13)14)18(16-6)8(19)5-17-4-7(11)3-15-17/h3-4,20H,2,5H2,1H3/t9-/m1/s1. The van der Waals surface area contributed by atoms with Crippen LogP contribution in [0.3, 0.4) is 0 Å². The molecule has 20 heavy (non-hydrogen) atoms. The zero-order valence-corrected chi connectivity index (χ0v) is 11.0. The van der Waals surface area contributed by atoms with Crippen molar-refractivity contribution in [2.45, 2.75) is 31.8 Å². The fourth-order valence-electron chi connectivity index (χ4n) is 1.83. The van der Waals surface area contributed by atoms with Crippen molar-refractivity contribution in [2.24, 2.45) is 5.10 Å². The van der Waals surface area contributed by atoms with Gasteiger partial charge in [-0.2, -0.15) is 28.4 Å². The molecule has 1 N–H and O–H groups in total. The number of aliphatic hydroxyl groups is 1. The Morgan fingerprint density at radius 3 is 2.75 bits per heavy atom. The first-order valence-electron chi connectivity index (χ1n) is 5.48. The Hall–Kier alpha value is -1.61. The van der Waals surface area contributed by atoms with Crippen molar-refractivity contribution >= 4 is 23.2 Å². The Bertz CT molecular complexity index is 571. The molecule has 0 radical (unpaired) electrons. The lowest BCUT2D eigenvalue weighted by molar-refractivity contribution is -0.302. The van der Waals surface area contributed by atoms with E-state index in [0.29, 0.717) is 0 Å². The van der Waals surface area contributed by atoms with Crippen molar-refractivity contribution < 1.29 is 23.1 Å². The van der Waals surface area contributed by atoms with Gasteiger partial charge >= 0.3 is 6.18 Å². The summed E-state index contributed by atoms with van der Waals surface area (Å²) in [5.74, 6) is -1.04. The Morgan fingerprint density at radius 1 is 1.60 bits per heavy atom. The molecule has 0 spiro atoms. The predicted octanol–water partition coefficient (Wildman–Crippen LogP) is 1.40. The molecule has 1 aromatic heterocycles. The number of hydrogen-bond acceptors (Lipinski definition) is 4. The quantitative estimate of drug-likeness (QED) is 0.897. The summed E-state index contributed by atoms with van der Waals surface area (Å²) in [5.41, 5.74) is -3.30. The van der Waals surface area contributed by atoms with Crippen molar-refractivity contribution in [1.82, 2.24) is 14.8 Å². The van der Waals surface area contributed by atoms with E-state index in [1.165, 1.54) is 19.3 Å². The van der Waals surface area contributed by atoms with Crippen molar-refractivity contribution in [2.75, 3.05) is 0 Å². The van der Waals surface area contributed by atoms with Gasteiger partial charge in [-0.25, -0.2) is 0 Å². The second-order valence-electron chi connectivity index (χ2n) is 4.39. The molecular formula is C10H10ClF3N4O2. The van der Waals surface area contributed by atoms with E-state index in [2.05, 4.69) is 10.2 Å². The number of halogens is 4. The maximum Gasteiger partial charge on any atom is 0.438 e. The minimum Gasteiger partial charge on any atom is -0.362 e. The Kier molecular flexibility index (Phi) is 3.51. The normalized spacial score (nSPS) is 23.1. The highest BCUT2D eigenvalue weighted by atomic mass is 35.5. The maximum atomic E-state index is 12.9. The highest BCUT2D eigenvalue weighted by Gasteiger charge is 2.62. The molecule has 2 rings (SSSR count). The second kappa shape index (κ2) is 4.74. The number of nitrogens with zero attached hydrogens (tertiary/aromatic N) is 4. The van der Waals surface area contributed by atoms with E-state index in [0.717, 1.165) is 4.68 Å². The minimum absolute atomic E-state index is 0.0108. The van der Waals surface area contributed by atoms with Crippen LogP contribution in [0.1, 0.15) is 13.3 Å². The molecule has 1 aromatic rings. The van der Waals surface area contributed by atoms with E-state index in [4.69, 9.17) is 11.6 Å². The van der Waals surface area contributed by atoms with E-state index < -0.39 is 30.8 Å². The van der Waals surface area contributed by atoms with Gasteiger partial charge in [0.25, 0.3) is 11.6 Å². The molecule has 0 fully saturated rings. The van der Waals surface area contributed by atoms with E-state index in [9.17, 15) is 23.1 Å². The molecule has 1 aliphatic heterocycles. The van der Waals surface area contributed by atoms with Crippen LogP contribution in [0, 0.1) is 0 Å². The van der Waals surface area contributed by atoms with Crippen LogP contribution in [-0.4, -0.2) is 43.4 Å². The fraction of sp³-hybridized carbons (Fsp3) is 0.500. The number of amides is 1. The molecule has 0 unspecified atom stereocenters. The first-order chi connectivity index (χ1) is 9.13. The monoisotopic (exact) mass is 310 g/mol. The Balaban J connectivity index is 2.23. The number of rotatable bonds is 2. The number of alkyl halides is 3. The Labute approximate surface area is 116 Å². The second-order valence-corrected chi connectivity index (χ2v) is 4.82. The first kappa shape index (κ1) is 14.8. The average molecular weight is 311 g/mol. The van der Waals surface area contributed by atoms with E-state index in [1.54, 1.807) is 0 Å². The number of carbonyl (C=O) groups is 1. The molecule has 10 heteroatoms. The van der Waals surface area contributed by atoms with Crippen LogP contribution in [-0.2, 0) is 11.3 Å². The number of hydrazone groups is 1. The van der Waals surface area contributed by atoms with Gasteiger partial charge in [-0.1, -0.05) is 11.6 Å². The highest BCUT2D eigenvalue weighted by molar-refractivity contribution is 6.30. The lowest BCUT2D eigenvalue weighted by Gasteiger charge is -2.32. The van der Waals surface area contributed by atoms with Gasteiger partial charge in [-0.15, -0.1) is 0 Å². The fourth-order valence-corrected chi connectivity index (χ4v) is 1.99. The third-order valence-electron chi connectivity index (χ3n) is 2.71. The van der Waals surface area contributed by atoms with Crippen LogP contribution in [0.15, 0.2) is 17.5 Å². The lowest BCUT2D eigenvalue weighted by Crippen LogP contribution is -2.57. The van der Waals surface area contributed by atoms with E-state index in [1.807, 2.05) is 0 Å². The molecule has 0 aliphatic carbocycles. The lowest BCUT2D eigenvalue weighted by atomic mass is 10.1. The third kappa shape index (κ3) is 2.50. The average Bonchev–Trinajstić information content (AvgIpc) is 2.82. The predicted molar refractivity (Wildman–Crippen MR) is 62.8 cm³/mol. The molecule has 0 bridgehead atoms. The van der Waals surface area contributed by atoms with Crippen LogP contribution in [0.5, 0.6) is 0 Å². The zero-order chi connectivity index (χ0) is 15.1. The molecule has 1 amide bonds. The minimum atomic E-state index is -5.01. The number of hydrogen-bond donors (Lipinski definition) is 1. The van der Waals surface area contributed by atoms with Gasteiger partial charge < -0.3 is 5.11 Å². The molecule has 0 saturated heterocycles. The summed E-state index contributed by atoms with van der Waals surface area (Å²) in [5, 5.41) is 17.2. The summed E-state index contributed by atoms with van der Waals surface area (Å²) in [6.07, 6.45) is -3.27. The van der Waals surface area contributed by atoms with Gasteiger partial charge in [0.1, 0.15) is 6.54 Å². The molecule has 2 heterocycles. The van der Waals surface area contributed by atoms with Gasteiger partial charge in [0, 0.05) is 18.3 Å². The number of aromatic nitrogens is 2. The molecule has 1 aliphatic rings. The summed E-state index contributed by atoms with van der Waals surface area (Å²) >= 11 is 5.59. The van der Waals surface area contributed by atoms with Crippen LogP contribution in [0.25, 0.3) is 0 Å². The summed E-state index contributed by atoms with van der Waals surface area (Å²) in [6.45, 7) is 0.788. The highest BCUT2D eigenvalue weighted by Crippen LogP contribution is 2.40. The third-order valence-corrected chi connectivity index (χ3v) is 2.91. The van der Waals surface area contributed by atoms with Crippen LogP contribution in [0.4, 0.5) is 13.2 Å². The molecule has 6 nitrogen and oxygen atoms in total. The molecule has 1 atom stereocenters. The van der Waals surface area contributed by atoms with Gasteiger partial charge in [0.2, 0.25) is 0 Å². The van der Waals surface area contributed by atoms with Gasteiger partial charge in [0.15, 0.2) is 0 Å². The van der Waals surface area contributed by atoms with Crippen molar-refractivity contribution in [3.63, 3.8) is 0 Å². The first-order valence-corrected chi connectivity index (χ1v) is 5.85. The van der Waals surface area contributed by atoms with E-state index >= 15 is 0 Å². The van der Waals surface area contributed by atoms with Crippen LogP contribution < -0.4 is 0 Å². The van der Waals surface area contributed by atoms with Crippen molar-refractivity contribution in [1.29, 1.82) is 0 Å². The molecule has 0 saturated carbocycles. The maximum absolute atomic E-state index is 12.9. The van der Waals surface area contributed by atoms with Crippen LogP contribution in [0.2, 0.25) is 5.02 Å². The molecular weight excluding hydrogens is 301 g/mol. The summed E-state index contributed by atoms with van der Waals surface area (Å²) in [4.78, 5) is 11.9. The van der Waals surface area contributed by atoms with E-state index in [-0.39, 0.29) is 15.7 Å². The van der Waals surface area contributed by atoms with Gasteiger partial charge in [-0.3, -0.25) is 9.48 Å². The van der Waals surface area contributed by atoms with Gasteiger partial charge in [0.05, 0.1) is 11.2 Å². The topological polar surface area (TPSA) is 70.7 Å². The zero-order valence-electron chi connectivity index (χ0n) is 10.2. The summed E-state index contributed by atoms with van der Waals surface area (Å²) in [6, 6.07) is 0. The van der Waals surface area contributed by atoms with Gasteiger partial charge in [-0.05, 0) is 6.92 Å². The van der Waals surface area contributed by atoms with Crippen LogP contribution >= 0.6 is 11.6 Å². The van der Waals surface area contributed by atoms with Crippen molar-refractivity contribution in [3.8, 4) is 0 Å². The molecule has 110 valence electrons. The summed E-state index contributed by atoms with van der Waals surface area (Å²) < 4.78 is 39.8. The SMILES string of the molecule is CC1=NN(C(=O)Cn2cc(Cl)cn2)[C@](O)(C(F)(F)F)C1. The number of carbonyl (C=O) groups excluding carboxylic acids is 1. The smallest absolute Gasteiger partial charge is 0.362 e. The largest absolute Gasteiger partial charge is 0.438 e. The van der Waals surface area contributed by atoms with Crippen molar-refractivity contribution in [3.05, 3.63) is 17.4 Å². The molecule has 0 aromatic carbocycles.